The van der Waals surface area contributed by atoms with E-state index in [0.717, 1.165) is 11.4 Å². The Hall–Kier alpha value is -3.49. The number of anilines is 1. The lowest BCUT2D eigenvalue weighted by molar-refractivity contribution is -0.119. The summed E-state index contributed by atoms with van der Waals surface area (Å²) >= 11 is 0. The van der Waals surface area contributed by atoms with Crippen LogP contribution in [0.3, 0.4) is 0 Å². The van der Waals surface area contributed by atoms with Crippen LogP contribution in [0.4, 0.5) is 5.82 Å². The zero-order valence-corrected chi connectivity index (χ0v) is 14.5. The lowest BCUT2D eigenvalue weighted by Crippen LogP contribution is -2.21. The summed E-state index contributed by atoms with van der Waals surface area (Å²) in [7, 11) is 0. The second-order valence-electron chi connectivity index (χ2n) is 5.69. The van der Waals surface area contributed by atoms with Crippen LogP contribution in [0.25, 0.3) is 5.82 Å². The molecule has 9 nitrogen and oxygen atoms in total. The van der Waals surface area contributed by atoms with Crippen molar-refractivity contribution in [1.82, 2.24) is 19.9 Å². The molecule has 1 N–H and O–H groups in total. The van der Waals surface area contributed by atoms with Gasteiger partial charge in [-0.2, -0.15) is 5.10 Å². The molecule has 0 aliphatic carbocycles. The topological polar surface area (TPSA) is 112 Å². The highest BCUT2D eigenvalue weighted by Gasteiger charge is 2.13. The summed E-state index contributed by atoms with van der Waals surface area (Å²) in [6, 6.07) is 6.72. The number of nitrogens with zero attached hydrogens (tertiary/aromatic N) is 4. The number of ether oxygens (including phenoxy) is 1. The lowest BCUT2D eigenvalue weighted by atomic mass is 10.3. The normalized spacial score (nSPS) is 10.6. The highest BCUT2D eigenvalue weighted by Crippen LogP contribution is 2.11. The van der Waals surface area contributed by atoms with Crippen LogP contribution in [0.1, 0.15) is 27.5 Å². The third kappa shape index (κ3) is 3.94. The first-order valence-electron chi connectivity index (χ1n) is 7.82. The SMILES string of the molecule is Cc1cc(C)n(-c2ccc(C(=O)OCC(=O)Nc3cc(C)on3)cn2)n1. The van der Waals surface area contributed by atoms with Crippen molar-refractivity contribution >= 4 is 17.7 Å². The Morgan fingerprint density at radius 3 is 2.62 bits per heavy atom. The van der Waals surface area contributed by atoms with Gasteiger partial charge in [-0.15, -0.1) is 0 Å². The Kier molecular flexibility index (Phi) is 4.78. The molecule has 134 valence electrons. The van der Waals surface area contributed by atoms with E-state index in [1.807, 2.05) is 19.9 Å². The summed E-state index contributed by atoms with van der Waals surface area (Å²) in [6.45, 7) is 5.06. The van der Waals surface area contributed by atoms with Crippen LogP contribution < -0.4 is 5.32 Å². The fourth-order valence-electron chi connectivity index (χ4n) is 2.31. The fraction of sp³-hybridized carbons (Fsp3) is 0.235. The molecule has 0 fully saturated rings. The number of hydrogen-bond donors (Lipinski definition) is 1. The van der Waals surface area contributed by atoms with Crippen molar-refractivity contribution in [3.63, 3.8) is 0 Å². The maximum absolute atomic E-state index is 12.0. The minimum absolute atomic E-state index is 0.236. The summed E-state index contributed by atoms with van der Waals surface area (Å²) in [4.78, 5) is 28.0. The Morgan fingerprint density at radius 1 is 1.23 bits per heavy atom. The van der Waals surface area contributed by atoms with Crippen LogP contribution in [0.5, 0.6) is 0 Å². The number of aryl methyl sites for hydroxylation is 3. The summed E-state index contributed by atoms with van der Waals surface area (Å²) in [6.07, 6.45) is 1.38. The first-order valence-corrected chi connectivity index (χ1v) is 7.82. The van der Waals surface area contributed by atoms with E-state index in [1.165, 1.54) is 6.20 Å². The molecule has 0 aliphatic rings. The van der Waals surface area contributed by atoms with Crippen LogP contribution in [-0.4, -0.2) is 38.4 Å². The van der Waals surface area contributed by atoms with Crippen LogP contribution in [0.15, 0.2) is 35.0 Å². The molecule has 0 radical (unpaired) electrons. The summed E-state index contributed by atoms with van der Waals surface area (Å²) in [5, 5.41) is 10.4. The molecule has 1 amide bonds. The minimum Gasteiger partial charge on any atom is -0.452 e. The van der Waals surface area contributed by atoms with E-state index in [4.69, 9.17) is 9.26 Å². The zero-order valence-electron chi connectivity index (χ0n) is 14.5. The molecule has 3 heterocycles. The van der Waals surface area contributed by atoms with E-state index in [9.17, 15) is 9.59 Å². The molecule has 0 saturated heterocycles. The van der Waals surface area contributed by atoms with Crippen molar-refractivity contribution in [2.45, 2.75) is 20.8 Å². The summed E-state index contributed by atoms with van der Waals surface area (Å²) in [5.74, 6) is 0.250. The van der Waals surface area contributed by atoms with Crippen molar-refractivity contribution < 1.29 is 18.8 Å². The van der Waals surface area contributed by atoms with Gasteiger partial charge in [-0.25, -0.2) is 14.5 Å². The van der Waals surface area contributed by atoms with Gasteiger partial charge in [0.1, 0.15) is 5.76 Å². The van der Waals surface area contributed by atoms with Crippen molar-refractivity contribution in [3.8, 4) is 5.82 Å². The zero-order chi connectivity index (χ0) is 18.7. The number of pyridine rings is 1. The first kappa shape index (κ1) is 17.3. The van der Waals surface area contributed by atoms with Crippen molar-refractivity contribution in [2.75, 3.05) is 11.9 Å². The smallest absolute Gasteiger partial charge is 0.340 e. The van der Waals surface area contributed by atoms with Crippen LogP contribution in [-0.2, 0) is 9.53 Å². The molecule has 0 unspecified atom stereocenters. The Bertz CT molecular complexity index is 942. The molecule has 3 aromatic rings. The quantitative estimate of drug-likeness (QED) is 0.696. The molecular weight excluding hydrogens is 338 g/mol. The van der Waals surface area contributed by atoms with E-state index >= 15 is 0 Å². The molecule has 3 aromatic heterocycles. The standard InChI is InChI=1S/C17H17N5O4/c1-10-6-11(2)22(20-10)15-5-4-13(8-18-15)17(24)25-9-16(23)19-14-7-12(3)26-21-14/h4-8H,9H2,1-3H3,(H,19,21,23). The van der Waals surface area contributed by atoms with Crippen molar-refractivity contribution in [2.24, 2.45) is 0 Å². The number of nitrogens with one attached hydrogen (secondary N) is 1. The lowest BCUT2D eigenvalue weighted by Gasteiger charge is -2.06. The highest BCUT2D eigenvalue weighted by atomic mass is 16.5. The van der Waals surface area contributed by atoms with E-state index in [0.29, 0.717) is 11.6 Å². The molecule has 0 aromatic carbocycles. The van der Waals surface area contributed by atoms with Crippen LogP contribution in [0.2, 0.25) is 0 Å². The van der Waals surface area contributed by atoms with E-state index in [2.05, 4.69) is 20.6 Å². The Labute approximate surface area is 149 Å². The molecule has 9 heteroatoms. The monoisotopic (exact) mass is 355 g/mol. The highest BCUT2D eigenvalue weighted by molar-refractivity contribution is 5.94. The van der Waals surface area contributed by atoms with Gasteiger partial charge in [-0.1, -0.05) is 5.16 Å². The average Bonchev–Trinajstić information content (AvgIpc) is 3.17. The second kappa shape index (κ2) is 7.18. The fourth-order valence-corrected chi connectivity index (χ4v) is 2.31. The maximum Gasteiger partial charge on any atom is 0.340 e. The molecule has 0 atom stereocenters. The van der Waals surface area contributed by atoms with Gasteiger partial charge in [0.2, 0.25) is 0 Å². The number of aromatic nitrogens is 4. The third-order valence-corrected chi connectivity index (χ3v) is 3.44. The number of amides is 1. The van der Waals surface area contributed by atoms with E-state index in [-0.39, 0.29) is 11.4 Å². The molecule has 0 aliphatic heterocycles. The average molecular weight is 355 g/mol. The maximum atomic E-state index is 12.0. The number of carbonyl (C=O) groups excluding carboxylic acids is 2. The van der Waals surface area contributed by atoms with Gasteiger partial charge < -0.3 is 14.6 Å². The Morgan fingerprint density at radius 2 is 2.04 bits per heavy atom. The molecular formula is C17H17N5O4. The summed E-state index contributed by atoms with van der Waals surface area (Å²) < 4.78 is 11.5. The van der Waals surface area contributed by atoms with E-state index in [1.54, 1.807) is 29.8 Å². The van der Waals surface area contributed by atoms with Gasteiger partial charge in [-0.3, -0.25) is 4.79 Å². The molecule has 3 rings (SSSR count). The second-order valence-corrected chi connectivity index (χ2v) is 5.69. The van der Waals surface area contributed by atoms with Gasteiger partial charge in [-0.05, 0) is 39.0 Å². The number of esters is 1. The predicted octanol–water partition coefficient (Wildman–Crippen LogP) is 1.98. The van der Waals surface area contributed by atoms with Crippen molar-refractivity contribution in [3.05, 3.63) is 53.2 Å². The van der Waals surface area contributed by atoms with Crippen molar-refractivity contribution in [1.29, 1.82) is 0 Å². The molecule has 26 heavy (non-hydrogen) atoms. The predicted molar refractivity (Wildman–Crippen MR) is 91.0 cm³/mol. The van der Waals surface area contributed by atoms with Gasteiger partial charge in [0.25, 0.3) is 5.91 Å². The number of rotatable bonds is 5. The molecule has 0 bridgehead atoms. The van der Waals surface area contributed by atoms with Crippen LogP contribution >= 0.6 is 0 Å². The minimum atomic E-state index is -0.649. The van der Waals surface area contributed by atoms with Gasteiger partial charge >= 0.3 is 5.97 Å². The van der Waals surface area contributed by atoms with Gasteiger partial charge in [0.15, 0.2) is 18.2 Å². The van der Waals surface area contributed by atoms with E-state index < -0.39 is 18.5 Å². The Balaban J connectivity index is 1.58. The summed E-state index contributed by atoms with van der Waals surface area (Å²) in [5.41, 5.74) is 2.05. The molecule has 0 saturated carbocycles. The van der Waals surface area contributed by atoms with Crippen LogP contribution in [0, 0.1) is 20.8 Å². The largest absolute Gasteiger partial charge is 0.452 e. The third-order valence-electron chi connectivity index (χ3n) is 3.44. The van der Waals surface area contributed by atoms with Gasteiger partial charge in [0.05, 0.1) is 11.3 Å². The number of hydrogen-bond acceptors (Lipinski definition) is 7. The van der Waals surface area contributed by atoms with Gasteiger partial charge in [0, 0.05) is 18.0 Å². The molecule has 0 spiro atoms. The first-order chi connectivity index (χ1) is 12.4. The number of carbonyl (C=O) groups is 2.